The molecule has 31 heavy (non-hydrogen) atoms. The molecule has 1 saturated carbocycles. The van der Waals surface area contributed by atoms with Gasteiger partial charge in [0.2, 0.25) is 6.10 Å². The van der Waals surface area contributed by atoms with E-state index in [0.29, 0.717) is 11.3 Å². The van der Waals surface area contributed by atoms with Gasteiger partial charge < -0.3 is 9.47 Å². The molecule has 0 spiro atoms. The van der Waals surface area contributed by atoms with Crippen LogP contribution in [0.5, 0.6) is 11.5 Å². The van der Waals surface area contributed by atoms with Crippen LogP contribution in [-0.4, -0.2) is 12.9 Å². The topological polar surface area (TPSA) is 59.3 Å². The second kappa shape index (κ2) is 9.50. The molecule has 2 aromatic rings. The lowest BCUT2D eigenvalue weighted by Gasteiger charge is -2.21. The lowest BCUT2D eigenvalue weighted by molar-refractivity contribution is -0.149. The maximum absolute atomic E-state index is 14.2. The summed E-state index contributed by atoms with van der Waals surface area (Å²) < 4.78 is 24.8. The van der Waals surface area contributed by atoms with Crippen LogP contribution in [0.4, 0.5) is 4.39 Å². The van der Waals surface area contributed by atoms with Gasteiger partial charge in [0.25, 0.3) is 0 Å². The maximum atomic E-state index is 14.2. The van der Waals surface area contributed by atoms with Gasteiger partial charge in [0.1, 0.15) is 14.0 Å². The molecule has 0 unspecified atom stereocenters. The Morgan fingerprint density at radius 2 is 1.84 bits per heavy atom. The molecule has 0 saturated heterocycles. The smallest absolute Gasteiger partial charge is 0.311 e. The van der Waals surface area contributed by atoms with Gasteiger partial charge in [-0.2, -0.15) is 5.26 Å². The van der Waals surface area contributed by atoms with E-state index in [4.69, 9.17) is 9.47 Å². The third kappa shape index (κ3) is 5.52. The highest BCUT2D eigenvalue weighted by molar-refractivity contribution is 9.40. The number of rotatable bonds is 6. The summed E-state index contributed by atoms with van der Waals surface area (Å²) in [6.45, 7) is 3.95. The zero-order valence-corrected chi connectivity index (χ0v) is 22.8. The third-order valence-corrected chi connectivity index (χ3v) is 9.95. The van der Waals surface area contributed by atoms with Crippen molar-refractivity contribution in [2.45, 2.75) is 26.9 Å². The number of carbonyl (C=O) groups is 1. The maximum Gasteiger partial charge on any atom is 0.311 e. The molecule has 4 nitrogen and oxygen atoms in total. The van der Waals surface area contributed by atoms with Gasteiger partial charge in [-0.25, -0.2) is 4.39 Å². The van der Waals surface area contributed by atoms with Crippen molar-refractivity contribution in [3.8, 4) is 17.6 Å². The fourth-order valence-corrected chi connectivity index (χ4v) is 5.45. The highest BCUT2D eigenvalue weighted by Crippen LogP contribution is 2.66. The second-order valence-corrected chi connectivity index (χ2v) is 15.8. The Morgan fingerprint density at radius 3 is 2.42 bits per heavy atom. The average Bonchev–Trinajstić information content (AvgIpc) is 3.29. The van der Waals surface area contributed by atoms with Crippen molar-refractivity contribution < 1.29 is 18.7 Å². The molecule has 3 rings (SSSR count). The minimum atomic E-state index is -1.18. The molecule has 164 valence electrons. The predicted octanol–water partition coefficient (Wildman–Crippen LogP) is 7.60. The normalized spacial score (nSPS) is 21.5. The van der Waals surface area contributed by atoms with Crippen LogP contribution in [0.25, 0.3) is 0 Å². The van der Waals surface area contributed by atoms with Crippen molar-refractivity contribution >= 4 is 69.7 Å². The third-order valence-electron chi connectivity index (χ3n) is 5.37. The molecule has 0 N–H and O–H groups in total. The number of alkyl halides is 4. The molecule has 9 heteroatoms. The Balaban J connectivity index is 1.77. The molecule has 0 radical (unpaired) electrons. The van der Waals surface area contributed by atoms with Crippen LogP contribution < -0.4 is 4.74 Å². The first-order valence-electron chi connectivity index (χ1n) is 9.30. The van der Waals surface area contributed by atoms with Gasteiger partial charge in [0, 0.05) is 5.56 Å². The van der Waals surface area contributed by atoms with Gasteiger partial charge in [-0.15, -0.1) is 0 Å². The van der Waals surface area contributed by atoms with Crippen LogP contribution in [0, 0.1) is 34.4 Å². The van der Waals surface area contributed by atoms with Crippen LogP contribution in [0.15, 0.2) is 48.5 Å². The molecular weight excluding hydrogens is 665 g/mol. The molecule has 0 heterocycles. The molecule has 1 aliphatic rings. The Kier molecular flexibility index (Phi) is 7.57. The summed E-state index contributed by atoms with van der Waals surface area (Å²) in [7, 11) is 0. The number of para-hydroxylation sites is 1. The van der Waals surface area contributed by atoms with Crippen LogP contribution in [0.2, 0.25) is 0 Å². The molecule has 1 aliphatic carbocycles. The first-order chi connectivity index (χ1) is 14.5. The first-order valence-corrected chi connectivity index (χ1v) is 12.6. The summed E-state index contributed by atoms with van der Waals surface area (Å²) in [5.74, 6) is -1.09. The molecule has 2 aromatic carbocycles. The molecule has 4 atom stereocenters. The first kappa shape index (κ1) is 24.7. The van der Waals surface area contributed by atoms with Crippen molar-refractivity contribution in [3.05, 3.63) is 59.9 Å². The summed E-state index contributed by atoms with van der Waals surface area (Å²) in [6, 6.07) is 14.7. The number of carbonyl (C=O) groups excluding carboxylic acids is 1. The van der Waals surface area contributed by atoms with E-state index in [1.165, 1.54) is 18.2 Å². The Labute approximate surface area is 214 Å². The van der Waals surface area contributed by atoms with E-state index in [-0.39, 0.29) is 21.9 Å². The van der Waals surface area contributed by atoms with Crippen molar-refractivity contribution in [2.24, 2.45) is 17.3 Å². The van der Waals surface area contributed by atoms with Crippen LogP contribution >= 0.6 is 63.7 Å². The molecule has 0 bridgehead atoms. The number of nitrogens with zero attached hydrogens (tertiary/aromatic N) is 1. The monoisotopic (exact) mass is 679 g/mol. The zero-order valence-electron chi connectivity index (χ0n) is 16.5. The fourth-order valence-electron chi connectivity index (χ4n) is 3.61. The summed E-state index contributed by atoms with van der Waals surface area (Å²) >= 11 is 14.1. The van der Waals surface area contributed by atoms with Crippen LogP contribution in [0.1, 0.15) is 25.5 Å². The SMILES string of the molecule is CC1(C)[C@H]([C@@H](Br)C(Br)(Br)Br)[C@H]1C(=O)O[C@H](C#N)c1ccc(F)c(Oc2ccccc2)c1. The summed E-state index contributed by atoms with van der Waals surface area (Å²) in [5, 5.41) is 9.62. The number of halogens is 5. The Hall–Kier alpha value is -0.950. The molecule has 0 amide bonds. The number of ether oxygens (including phenoxy) is 2. The van der Waals surface area contributed by atoms with Gasteiger partial charge in [0.05, 0.1) is 10.7 Å². The molecule has 1 fully saturated rings. The zero-order chi connectivity index (χ0) is 23.0. The minimum Gasteiger partial charge on any atom is -0.454 e. The van der Waals surface area contributed by atoms with Crippen molar-refractivity contribution in [3.63, 3.8) is 0 Å². The molecular formula is C22H18Br4FNO3. The highest BCUT2D eigenvalue weighted by atomic mass is 80.0. The van der Waals surface area contributed by atoms with Gasteiger partial charge >= 0.3 is 5.97 Å². The quantitative estimate of drug-likeness (QED) is 0.233. The summed E-state index contributed by atoms with van der Waals surface area (Å²) in [4.78, 5) is 12.8. The Morgan fingerprint density at radius 1 is 1.19 bits per heavy atom. The summed E-state index contributed by atoms with van der Waals surface area (Å²) in [5.41, 5.74) is 0.0142. The van der Waals surface area contributed by atoms with Gasteiger partial charge in [-0.05, 0) is 35.6 Å². The molecule has 0 aliphatic heterocycles. The average molecular weight is 683 g/mol. The van der Waals surface area contributed by atoms with Crippen molar-refractivity contribution in [1.82, 2.24) is 0 Å². The van der Waals surface area contributed by atoms with Gasteiger partial charge in [-0.3, -0.25) is 4.79 Å². The van der Waals surface area contributed by atoms with Crippen LogP contribution in [-0.2, 0) is 9.53 Å². The van der Waals surface area contributed by atoms with Crippen LogP contribution in [0.3, 0.4) is 0 Å². The number of nitriles is 1. The van der Waals surface area contributed by atoms with E-state index in [0.717, 1.165) is 0 Å². The predicted molar refractivity (Wildman–Crippen MR) is 130 cm³/mol. The lowest BCUT2D eigenvalue weighted by atomic mass is 10.1. The van der Waals surface area contributed by atoms with Crippen molar-refractivity contribution in [2.75, 3.05) is 0 Å². The number of benzene rings is 2. The van der Waals surface area contributed by atoms with E-state index in [9.17, 15) is 14.4 Å². The Bertz CT molecular complexity index is 1000. The largest absolute Gasteiger partial charge is 0.454 e. The van der Waals surface area contributed by atoms with E-state index in [2.05, 4.69) is 63.7 Å². The van der Waals surface area contributed by atoms with Gasteiger partial charge in [-0.1, -0.05) is 102 Å². The van der Waals surface area contributed by atoms with E-state index in [1.54, 1.807) is 24.3 Å². The van der Waals surface area contributed by atoms with E-state index >= 15 is 0 Å². The molecule has 0 aromatic heterocycles. The second-order valence-electron chi connectivity index (χ2n) is 7.82. The number of hydrogen-bond acceptors (Lipinski definition) is 4. The van der Waals surface area contributed by atoms with E-state index < -0.39 is 26.0 Å². The standard InChI is InChI=1S/C22H18Br4FNO3/c1-21(2)17(19(23)22(24,25)26)18(21)20(29)31-16(11-28)12-8-9-14(27)15(10-12)30-13-6-4-3-5-7-13/h3-10,16-19H,1-2H3/t16-,17+,18+,19-/m1/s1. The minimum absolute atomic E-state index is 0.0392. The van der Waals surface area contributed by atoms with E-state index in [1.807, 2.05) is 26.0 Å². The number of hydrogen-bond donors (Lipinski definition) is 0. The highest BCUT2D eigenvalue weighted by Gasteiger charge is 2.67. The fraction of sp³-hybridized carbons (Fsp3) is 0.364. The van der Waals surface area contributed by atoms with Crippen molar-refractivity contribution in [1.29, 1.82) is 5.26 Å². The number of esters is 1. The van der Waals surface area contributed by atoms with Gasteiger partial charge in [0.15, 0.2) is 11.6 Å². The lowest BCUT2D eigenvalue weighted by Crippen LogP contribution is -2.23. The summed E-state index contributed by atoms with van der Waals surface area (Å²) in [6.07, 6.45) is -1.18.